The lowest BCUT2D eigenvalue weighted by Crippen LogP contribution is -2.15. The van der Waals surface area contributed by atoms with Crippen LogP contribution in [-0.2, 0) is 11.3 Å². The summed E-state index contributed by atoms with van der Waals surface area (Å²) in [6.07, 6.45) is 1.83. The number of nitrogens with zero attached hydrogens (tertiary/aromatic N) is 3. The first-order valence-corrected chi connectivity index (χ1v) is 11.8. The molecular formula is C27H26N4OS. The molecule has 0 aliphatic rings. The van der Waals surface area contributed by atoms with Crippen molar-refractivity contribution in [2.75, 3.05) is 11.1 Å². The van der Waals surface area contributed by atoms with E-state index in [0.717, 1.165) is 28.2 Å². The average molecular weight is 455 g/mol. The van der Waals surface area contributed by atoms with E-state index in [1.807, 2.05) is 78.2 Å². The Morgan fingerprint density at radius 2 is 1.58 bits per heavy atom. The minimum absolute atomic E-state index is 0.0735. The molecule has 6 heteroatoms. The van der Waals surface area contributed by atoms with Gasteiger partial charge in [0.2, 0.25) is 5.91 Å². The third-order valence-electron chi connectivity index (χ3n) is 5.25. The Morgan fingerprint density at radius 3 is 2.15 bits per heavy atom. The van der Waals surface area contributed by atoms with E-state index in [0.29, 0.717) is 11.7 Å². The standard InChI is InChI=1S/C27H26N4OS/c1-3-18-31-26(25(21-10-6-4-7-11-21)22-12-8-5-9-13-22)29-30-27(31)33-19-24(32)28-23-16-14-20(2)15-17-23/h3-17,25H,1,18-19H2,2H3,(H,28,32). The van der Waals surface area contributed by atoms with Crippen LogP contribution in [0.5, 0.6) is 0 Å². The molecule has 0 atom stereocenters. The van der Waals surface area contributed by atoms with E-state index in [4.69, 9.17) is 0 Å². The summed E-state index contributed by atoms with van der Waals surface area (Å²) >= 11 is 1.38. The van der Waals surface area contributed by atoms with Gasteiger partial charge in [0.05, 0.1) is 11.7 Å². The largest absolute Gasteiger partial charge is 0.325 e. The molecule has 1 aromatic heterocycles. The van der Waals surface area contributed by atoms with Crippen molar-refractivity contribution < 1.29 is 4.79 Å². The van der Waals surface area contributed by atoms with Crippen molar-refractivity contribution in [3.8, 4) is 0 Å². The van der Waals surface area contributed by atoms with Crippen LogP contribution in [0.3, 0.4) is 0 Å². The Balaban J connectivity index is 1.59. The number of benzene rings is 3. The molecule has 0 unspecified atom stereocenters. The van der Waals surface area contributed by atoms with E-state index in [1.54, 1.807) is 0 Å². The Morgan fingerprint density at radius 1 is 0.970 bits per heavy atom. The number of amides is 1. The third kappa shape index (κ3) is 5.59. The van der Waals surface area contributed by atoms with Crippen LogP contribution in [0.25, 0.3) is 0 Å². The fourth-order valence-electron chi connectivity index (χ4n) is 3.67. The van der Waals surface area contributed by atoms with Gasteiger partial charge in [-0.15, -0.1) is 16.8 Å². The van der Waals surface area contributed by atoms with E-state index in [1.165, 1.54) is 11.8 Å². The second kappa shape index (κ2) is 10.8. The van der Waals surface area contributed by atoms with Crippen LogP contribution in [0.4, 0.5) is 5.69 Å². The Labute approximate surface area is 198 Å². The van der Waals surface area contributed by atoms with Gasteiger partial charge in [0, 0.05) is 12.2 Å². The molecule has 0 saturated heterocycles. The van der Waals surface area contributed by atoms with Gasteiger partial charge in [-0.2, -0.15) is 0 Å². The van der Waals surface area contributed by atoms with Gasteiger partial charge in [0.1, 0.15) is 5.82 Å². The Bertz CT molecular complexity index is 1160. The highest BCUT2D eigenvalue weighted by Crippen LogP contribution is 2.32. The molecule has 0 fully saturated rings. The SMILES string of the molecule is C=CCn1c(SCC(=O)Nc2ccc(C)cc2)nnc1C(c1ccccc1)c1ccccc1. The second-order valence-corrected chi connectivity index (χ2v) is 8.64. The number of rotatable bonds is 9. The molecule has 4 rings (SSSR count). The zero-order valence-electron chi connectivity index (χ0n) is 18.5. The van der Waals surface area contributed by atoms with Gasteiger partial charge in [-0.05, 0) is 30.2 Å². The summed E-state index contributed by atoms with van der Waals surface area (Å²) in [5.74, 6) is 0.912. The van der Waals surface area contributed by atoms with Crippen LogP contribution in [0.2, 0.25) is 0 Å². The van der Waals surface area contributed by atoms with Crippen molar-refractivity contribution in [1.29, 1.82) is 0 Å². The zero-order valence-corrected chi connectivity index (χ0v) is 19.3. The highest BCUT2D eigenvalue weighted by Gasteiger charge is 2.24. The number of aryl methyl sites for hydroxylation is 1. The normalized spacial score (nSPS) is 10.8. The lowest BCUT2D eigenvalue weighted by atomic mass is 9.90. The Hall–Kier alpha value is -3.64. The fourth-order valence-corrected chi connectivity index (χ4v) is 4.42. The van der Waals surface area contributed by atoms with Crippen molar-refractivity contribution >= 4 is 23.4 Å². The molecule has 5 nitrogen and oxygen atoms in total. The van der Waals surface area contributed by atoms with Gasteiger partial charge in [0.25, 0.3) is 0 Å². The number of aromatic nitrogens is 3. The first-order chi connectivity index (χ1) is 16.2. The molecule has 3 aromatic carbocycles. The molecule has 1 amide bonds. The maximum Gasteiger partial charge on any atom is 0.234 e. The molecule has 33 heavy (non-hydrogen) atoms. The number of hydrogen-bond acceptors (Lipinski definition) is 4. The molecule has 0 radical (unpaired) electrons. The van der Waals surface area contributed by atoms with Crippen LogP contribution >= 0.6 is 11.8 Å². The summed E-state index contributed by atoms with van der Waals surface area (Å²) in [5, 5.41) is 12.6. The number of thioether (sulfide) groups is 1. The van der Waals surface area contributed by atoms with Crippen LogP contribution in [-0.4, -0.2) is 26.4 Å². The molecular weight excluding hydrogens is 428 g/mol. The predicted molar refractivity (Wildman–Crippen MR) is 135 cm³/mol. The van der Waals surface area contributed by atoms with E-state index in [9.17, 15) is 4.79 Å². The van der Waals surface area contributed by atoms with E-state index in [-0.39, 0.29) is 17.6 Å². The smallest absolute Gasteiger partial charge is 0.234 e. The molecule has 0 saturated carbocycles. The zero-order chi connectivity index (χ0) is 23.0. The summed E-state index contributed by atoms with van der Waals surface area (Å²) in [5.41, 5.74) is 4.21. The quantitative estimate of drug-likeness (QED) is 0.261. The van der Waals surface area contributed by atoms with Gasteiger partial charge in [-0.25, -0.2) is 0 Å². The maximum absolute atomic E-state index is 12.5. The van der Waals surface area contributed by atoms with Crippen molar-refractivity contribution in [2.45, 2.75) is 24.5 Å². The molecule has 4 aromatic rings. The van der Waals surface area contributed by atoms with Gasteiger partial charge in [-0.3, -0.25) is 4.79 Å². The van der Waals surface area contributed by atoms with E-state index >= 15 is 0 Å². The number of nitrogens with one attached hydrogen (secondary N) is 1. The first-order valence-electron chi connectivity index (χ1n) is 10.8. The summed E-state index contributed by atoms with van der Waals surface area (Å²) in [4.78, 5) is 12.5. The van der Waals surface area contributed by atoms with Crippen LogP contribution in [0.1, 0.15) is 28.4 Å². The highest BCUT2D eigenvalue weighted by molar-refractivity contribution is 7.99. The molecule has 0 aliphatic heterocycles. The highest BCUT2D eigenvalue weighted by atomic mass is 32.2. The second-order valence-electron chi connectivity index (χ2n) is 7.70. The topological polar surface area (TPSA) is 59.8 Å². The number of anilines is 1. The summed E-state index contributed by atoms with van der Waals surface area (Å²) in [6, 6.07) is 28.3. The van der Waals surface area contributed by atoms with Crippen molar-refractivity contribution in [1.82, 2.24) is 14.8 Å². The monoisotopic (exact) mass is 454 g/mol. The van der Waals surface area contributed by atoms with E-state index in [2.05, 4.69) is 46.4 Å². The van der Waals surface area contributed by atoms with Crippen molar-refractivity contribution in [3.05, 3.63) is 120 Å². The Kier molecular flexibility index (Phi) is 7.37. The van der Waals surface area contributed by atoms with Gasteiger partial charge < -0.3 is 9.88 Å². The van der Waals surface area contributed by atoms with E-state index < -0.39 is 0 Å². The lowest BCUT2D eigenvalue weighted by molar-refractivity contribution is -0.113. The van der Waals surface area contributed by atoms with Crippen LogP contribution in [0, 0.1) is 6.92 Å². The average Bonchev–Trinajstić information content (AvgIpc) is 3.23. The summed E-state index contributed by atoms with van der Waals surface area (Å²) in [6.45, 7) is 6.49. The van der Waals surface area contributed by atoms with Crippen LogP contribution < -0.4 is 5.32 Å². The molecule has 0 bridgehead atoms. The predicted octanol–water partition coefficient (Wildman–Crippen LogP) is 5.68. The first kappa shape index (κ1) is 22.6. The lowest BCUT2D eigenvalue weighted by Gasteiger charge is -2.19. The van der Waals surface area contributed by atoms with Crippen molar-refractivity contribution in [3.63, 3.8) is 0 Å². The fraction of sp³-hybridized carbons (Fsp3) is 0.148. The third-order valence-corrected chi connectivity index (χ3v) is 6.22. The van der Waals surface area contributed by atoms with Gasteiger partial charge >= 0.3 is 0 Å². The molecule has 0 aliphatic carbocycles. The minimum Gasteiger partial charge on any atom is -0.325 e. The minimum atomic E-state index is -0.0822. The van der Waals surface area contributed by atoms with Crippen molar-refractivity contribution in [2.24, 2.45) is 0 Å². The molecule has 0 spiro atoms. The molecule has 166 valence electrons. The van der Waals surface area contributed by atoms with Gasteiger partial charge in [0.15, 0.2) is 5.16 Å². The summed E-state index contributed by atoms with van der Waals surface area (Å²) in [7, 11) is 0. The molecule has 1 N–H and O–H groups in total. The number of hydrogen-bond donors (Lipinski definition) is 1. The molecule has 1 heterocycles. The number of allylic oxidation sites excluding steroid dienone is 1. The maximum atomic E-state index is 12.5. The number of carbonyl (C=O) groups is 1. The van der Waals surface area contributed by atoms with Gasteiger partial charge in [-0.1, -0.05) is 96.2 Å². The van der Waals surface area contributed by atoms with Crippen LogP contribution in [0.15, 0.2) is 103 Å². The number of carbonyl (C=O) groups excluding carboxylic acids is 1. The summed E-state index contributed by atoms with van der Waals surface area (Å²) < 4.78 is 2.04.